The van der Waals surface area contributed by atoms with Crippen LogP contribution in [0.4, 0.5) is 13.2 Å². The van der Waals surface area contributed by atoms with Crippen LogP contribution in [0.25, 0.3) is 0 Å². The average molecular weight is 407 g/mol. The second-order valence-corrected chi connectivity index (χ2v) is 7.70. The van der Waals surface area contributed by atoms with E-state index in [2.05, 4.69) is 13.8 Å². The summed E-state index contributed by atoms with van der Waals surface area (Å²) in [7, 11) is 0. The fraction of sp³-hybridized carbons (Fsp3) is 0.632. The van der Waals surface area contributed by atoms with E-state index >= 15 is 0 Å². The second kappa shape index (κ2) is 9.15. The number of hydrogen-bond donors (Lipinski definition) is 1. The number of rotatable bonds is 6. The van der Waals surface area contributed by atoms with Crippen molar-refractivity contribution in [2.75, 3.05) is 26.2 Å². The summed E-state index contributed by atoms with van der Waals surface area (Å²) in [5, 5.41) is 0.434. The highest BCUT2D eigenvalue weighted by molar-refractivity contribution is 6.32. The topological polar surface area (TPSA) is 55.6 Å². The number of carbonyl (C=O) groups excluding carboxylic acids is 1. The van der Waals surface area contributed by atoms with E-state index in [1.807, 2.05) is 0 Å². The normalized spacial score (nSPS) is 17.1. The molecule has 0 bridgehead atoms. The molecule has 0 saturated carbocycles. The van der Waals surface area contributed by atoms with E-state index in [-0.39, 0.29) is 25.4 Å². The number of ether oxygens (including phenoxy) is 1. The summed E-state index contributed by atoms with van der Waals surface area (Å²) < 4.78 is 44.2. The van der Waals surface area contributed by atoms with Gasteiger partial charge in [-0.25, -0.2) is 0 Å². The van der Waals surface area contributed by atoms with Crippen molar-refractivity contribution in [1.29, 1.82) is 0 Å². The van der Waals surface area contributed by atoms with Crippen molar-refractivity contribution in [3.63, 3.8) is 0 Å². The van der Waals surface area contributed by atoms with Crippen molar-refractivity contribution >= 4 is 17.5 Å². The van der Waals surface area contributed by atoms with E-state index in [1.165, 1.54) is 0 Å². The number of nitrogens with two attached hydrogens (primary N) is 1. The van der Waals surface area contributed by atoms with Crippen molar-refractivity contribution in [3.8, 4) is 5.75 Å². The Hall–Kier alpha value is -1.47. The monoisotopic (exact) mass is 406 g/mol. The molecule has 0 spiro atoms. The summed E-state index contributed by atoms with van der Waals surface area (Å²) in [6.45, 7) is 5.20. The van der Waals surface area contributed by atoms with Crippen LogP contribution in [0, 0.1) is 11.8 Å². The molecule has 0 radical (unpaired) electrons. The zero-order valence-electron chi connectivity index (χ0n) is 15.6. The smallest absolute Gasteiger partial charge is 0.471 e. The van der Waals surface area contributed by atoms with Gasteiger partial charge in [0, 0.05) is 18.7 Å². The van der Waals surface area contributed by atoms with Gasteiger partial charge in [0.1, 0.15) is 5.75 Å². The number of fused-ring (bicyclic) bond motifs is 1. The molecule has 0 aromatic heterocycles. The summed E-state index contributed by atoms with van der Waals surface area (Å²) in [4.78, 5) is 12.4. The zero-order chi connectivity index (χ0) is 20.2. The molecule has 4 nitrogen and oxygen atoms in total. The van der Waals surface area contributed by atoms with Gasteiger partial charge in [-0.3, -0.25) is 4.79 Å². The van der Waals surface area contributed by atoms with Gasteiger partial charge in [-0.15, -0.1) is 0 Å². The largest absolute Gasteiger partial charge is 0.491 e. The van der Waals surface area contributed by atoms with Crippen LogP contribution in [-0.2, 0) is 17.6 Å². The van der Waals surface area contributed by atoms with Crippen LogP contribution in [0.1, 0.15) is 31.4 Å². The Morgan fingerprint density at radius 3 is 2.56 bits per heavy atom. The predicted octanol–water partition coefficient (Wildman–Crippen LogP) is 3.83. The SMILES string of the molecule is CC(CN)CC(C)COc1c(Cl)ccc2c1CCN(C(=O)C(F)(F)F)CC2. The maximum atomic E-state index is 12.7. The van der Waals surface area contributed by atoms with Crippen molar-refractivity contribution < 1.29 is 22.7 Å². The molecule has 2 unspecified atom stereocenters. The first kappa shape index (κ1) is 21.8. The minimum atomic E-state index is -4.86. The molecule has 0 fully saturated rings. The van der Waals surface area contributed by atoms with Gasteiger partial charge in [-0.05, 0) is 49.3 Å². The fourth-order valence-corrected chi connectivity index (χ4v) is 3.61. The molecule has 1 aromatic carbocycles. The molecular weight excluding hydrogens is 381 g/mol. The minimum Gasteiger partial charge on any atom is -0.491 e. The first-order valence-corrected chi connectivity index (χ1v) is 9.50. The summed E-state index contributed by atoms with van der Waals surface area (Å²) in [5.74, 6) is -0.630. The van der Waals surface area contributed by atoms with Crippen LogP contribution in [0.2, 0.25) is 5.02 Å². The number of halogens is 4. The lowest BCUT2D eigenvalue weighted by atomic mass is 9.98. The number of hydrogen-bond acceptors (Lipinski definition) is 3. The summed E-state index contributed by atoms with van der Waals surface area (Å²) >= 11 is 6.30. The van der Waals surface area contributed by atoms with E-state index < -0.39 is 12.1 Å². The van der Waals surface area contributed by atoms with Crippen molar-refractivity contribution in [3.05, 3.63) is 28.3 Å². The fourth-order valence-electron chi connectivity index (χ4n) is 3.38. The van der Waals surface area contributed by atoms with Crippen LogP contribution in [0.5, 0.6) is 5.75 Å². The standard InChI is InChI=1S/C19H26ClF3N2O2/c1-12(10-24)9-13(2)11-27-17-15-6-8-25(18(26)19(21,22)23)7-5-14(15)3-4-16(17)20/h3-4,12-13H,5-11,24H2,1-2H3. The Morgan fingerprint density at radius 1 is 1.26 bits per heavy atom. The highest BCUT2D eigenvalue weighted by atomic mass is 35.5. The Balaban J connectivity index is 2.12. The molecule has 8 heteroatoms. The van der Waals surface area contributed by atoms with Gasteiger partial charge in [0.05, 0.1) is 11.6 Å². The summed E-state index contributed by atoms with van der Waals surface area (Å²) in [6.07, 6.45) is -3.33. The molecular formula is C19H26ClF3N2O2. The average Bonchev–Trinajstić information content (AvgIpc) is 2.82. The molecule has 152 valence electrons. The molecule has 1 heterocycles. The number of alkyl halides is 3. The Morgan fingerprint density at radius 2 is 1.93 bits per heavy atom. The quantitative estimate of drug-likeness (QED) is 0.781. The van der Waals surface area contributed by atoms with Gasteiger partial charge in [0.2, 0.25) is 0 Å². The van der Waals surface area contributed by atoms with Crippen LogP contribution < -0.4 is 10.5 Å². The van der Waals surface area contributed by atoms with Gasteiger partial charge in [-0.2, -0.15) is 13.2 Å². The highest BCUT2D eigenvalue weighted by Gasteiger charge is 2.42. The Bertz CT molecular complexity index is 667. The third-order valence-corrected chi connectivity index (χ3v) is 5.14. The second-order valence-electron chi connectivity index (χ2n) is 7.30. The predicted molar refractivity (Wildman–Crippen MR) is 99.0 cm³/mol. The van der Waals surface area contributed by atoms with Gasteiger partial charge in [0.25, 0.3) is 0 Å². The first-order valence-electron chi connectivity index (χ1n) is 9.12. The molecule has 2 atom stereocenters. The van der Waals surface area contributed by atoms with Crippen molar-refractivity contribution in [2.24, 2.45) is 17.6 Å². The minimum absolute atomic E-state index is 0.0121. The molecule has 1 aromatic rings. The Labute approximate surface area is 162 Å². The van der Waals surface area contributed by atoms with Crippen LogP contribution in [-0.4, -0.2) is 43.2 Å². The third kappa shape index (κ3) is 5.75. The lowest BCUT2D eigenvalue weighted by Gasteiger charge is -2.21. The maximum Gasteiger partial charge on any atom is 0.471 e. The van der Waals surface area contributed by atoms with E-state index in [1.54, 1.807) is 12.1 Å². The maximum absolute atomic E-state index is 12.7. The molecule has 2 rings (SSSR count). The highest BCUT2D eigenvalue weighted by Crippen LogP contribution is 2.34. The number of benzene rings is 1. The lowest BCUT2D eigenvalue weighted by molar-refractivity contribution is -0.185. The lowest BCUT2D eigenvalue weighted by Crippen LogP contribution is -2.42. The van der Waals surface area contributed by atoms with E-state index in [0.29, 0.717) is 36.3 Å². The molecule has 1 aliphatic rings. The molecule has 27 heavy (non-hydrogen) atoms. The number of carbonyl (C=O) groups is 1. The molecule has 0 aliphatic carbocycles. The van der Waals surface area contributed by atoms with E-state index in [9.17, 15) is 18.0 Å². The number of amides is 1. The molecule has 1 aliphatic heterocycles. The molecule has 1 amide bonds. The van der Waals surface area contributed by atoms with Crippen LogP contribution in [0.15, 0.2) is 12.1 Å². The Kier molecular flexibility index (Phi) is 7.40. The van der Waals surface area contributed by atoms with Crippen molar-refractivity contribution in [2.45, 2.75) is 39.3 Å². The summed E-state index contributed by atoms with van der Waals surface area (Å²) in [6, 6.07) is 3.50. The zero-order valence-corrected chi connectivity index (χ0v) is 16.4. The van der Waals surface area contributed by atoms with Crippen LogP contribution in [0.3, 0.4) is 0 Å². The summed E-state index contributed by atoms with van der Waals surface area (Å²) in [5.41, 5.74) is 7.32. The molecule has 0 saturated heterocycles. The van der Waals surface area contributed by atoms with Gasteiger partial charge >= 0.3 is 12.1 Å². The van der Waals surface area contributed by atoms with E-state index in [0.717, 1.165) is 22.4 Å². The first-order chi connectivity index (χ1) is 12.6. The van der Waals surface area contributed by atoms with Crippen LogP contribution >= 0.6 is 11.6 Å². The van der Waals surface area contributed by atoms with Gasteiger partial charge < -0.3 is 15.4 Å². The number of nitrogens with zero attached hydrogens (tertiary/aromatic N) is 1. The van der Waals surface area contributed by atoms with Gasteiger partial charge in [-0.1, -0.05) is 31.5 Å². The van der Waals surface area contributed by atoms with Gasteiger partial charge in [0.15, 0.2) is 0 Å². The van der Waals surface area contributed by atoms with E-state index in [4.69, 9.17) is 22.1 Å². The molecule has 2 N–H and O–H groups in total. The van der Waals surface area contributed by atoms with Crippen molar-refractivity contribution in [1.82, 2.24) is 4.90 Å². The third-order valence-electron chi connectivity index (χ3n) is 4.84.